The van der Waals surface area contributed by atoms with E-state index in [-0.39, 0.29) is 24.7 Å². The van der Waals surface area contributed by atoms with Gasteiger partial charge in [0.05, 0.1) is 23.6 Å². The Hall–Kier alpha value is -2.55. The van der Waals surface area contributed by atoms with Crippen molar-refractivity contribution in [2.24, 2.45) is 0 Å². The summed E-state index contributed by atoms with van der Waals surface area (Å²) in [7, 11) is 0. The number of nitrogens with zero attached hydrogens (tertiary/aromatic N) is 3. The number of aromatic nitrogens is 2. The van der Waals surface area contributed by atoms with Crippen LogP contribution in [0.25, 0.3) is 11.3 Å². The van der Waals surface area contributed by atoms with E-state index in [1.165, 1.54) is 6.07 Å². The molecule has 0 unspecified atom stereocenters. The molecular weight excluding hydrogens is 274 g/mol. The van der Waals surface area contributed by atoms with Crippen molar-refractivity contribution >= 4 is 11.5 Å². The summed E-state index contributed by atoms with van der Waals surface area (Å²) in [6.07, 6.45) is 0. The fourth-order valence-corrected chi connectivity index (χ4v) is 1.74. The van der Waals surface area contributed by atoms with Gasteiger partial charge in [-0.05, 0) is 6.07 Å². The van der Waals surface area contributed by atoms with Gasteiger partial charge >= 0.3 is 5.69 Å². The fraction of sp³-hybridized carbons (Fsp3) is 0.182. The predicted molar refractivity (Wildman–Crippen MR) is 65.7 cm³/mol. The van der Waals surface area contributed by atoms with E-state index in [9.17, 15) is 18.9 Å². The number of rotatable bonds is 4. The highest BCUT2D eigenvalue weighted by molar-refractivity contribution is 5.66. The number of nitrogen functional groups attached to an aromatic ring is 1. The third kappa shape index (κ3) is 2.30. The summed E-state index contributed by atoms with van der Waals surface area (Å²) in [6.45, 7) is -0.213. The Bertz CT molecular complexity index is 672. The van der Waals surface area contributed by atoms with Crippen LogP contribution in [0, 0.1) is 21.7 Å². The Kier molecular flexibility index (Phi) is 3.61. The van der Waals surface area contributed by atoms with Gasteiger partial charge in [-0.1, -0.05) is 0 Å². The van der Waals surface area contributed by atoms with Gasteiger partial charge in [-0.3, -0.25) is 10.1 Å². The highest BCUT2D eigenvalue weighted by atomic mass is 19.1. The largest absolute Gasteiger partial charge is 0.394 e. The van der Waals surface area contributed by atoms with Crippen LogP contribution in [0.1, 0.15) is 0 Å². The lowest BCUT2D eigenvalue weighted by molar-refractivity contribution is -0.387. The number of hydrogen-bond donors (Lipinski definition) is 2. The lowest BCUT2D eigenvalue weighted by Crippen LogP contribution is -2.07. The molecule has 0 aliphatic heterocycles. The second kappa shape index (κ2) is 5.21. The van der Waals surface area contributed by atoms with E-state index in [1.807, 2.05) is 0 Å². The molecule has 0 saturated heterocycles. The first-order valence-electron chi connectivity index (χ1n) is 5.52. The molecule has 106 valence electrons. The van der Waals surface area contributed by atoms with Crippen LogP contribution in [0.3, 0.4) is 0 Å². The molecule has 20 heavy (non-hydrogen) atoms. The Balaban J connectivity index is 2.60. The van der Waals surface area contributed by atoms with Crippen molar-refractivity contribution in [1.29, 1.82) is 0 Å². The highest BCUT2D eigenvalue weighted by Gasteiger charge is 2.24. The molecule has 0 saturated carbocycles. The van der Waals surface area contributed by atoms with Gasteiger partial charge in [0.15, 0.2) is 0 Å². The predicted octanol–water partition coefficient (Wildman–Crippen LogP) is 1.31. The van der Waals surface area contributed by atoms with Crippen LogP contribution in [-0.4, -0.2) is 26.4 Å². The molecule has 2 aromatic rings. The first kappa shape index (κ1) is 13.9. The zero-order chi connectivity index (χ0) is 14.9. The lowest BCUT2D eigenvalue weighted by Gasteiger charge is -2.02. The maximum Gasteiger partial charge on any atom is 0.305 e. The van der Waals surface area contributed by atoms with Crippen molar-refractivity contribution in [2.45, 2.75) is 6.54 Å². The number of nitro benzene ring substituents is 1. The van der Waals surface area contributed by atoms with Gasteiger partial charge in [0.2, 0.25) is 5.82 Å². The maximum atomic E-state index is 14.0. The molecule has 0 aliphatic rings. The Labute approximate surface area is 111 Å². The van der Waals surface area contributed by atoms with Crippen LogP contribution in [0.5, 0.6) is 0 Å². The van der Waals surface area contributed by atoms with E-state index in [0.717, 1.165) is 16.8 Å². The Morgan fingerprint density at radius 1 is 1.45 bits per heavy atom. The van der Waals surface area contributed by atoms with Gasteiger partial charge in [0.25, 0.3) is 0 Å². The topological polar surface area (TPSA) is 107 Å². The molecule has 2 rings (SSSR count). The number of nitro groups is 1. The molecule has 3 N–H and O–H groups in total. The zero-order valence-electron chi connectivity index (χ0n) is 10.1. The van der Waals surface area contributed by atoms with Gasteiger partial charge < -0.3 is 10.8 Å². The second-order valence-corrected chi connectivity index (χ2v) is 3.91. The Morgan fingerprint density at radius 2 is 2.15 bits per heavy atom. The molecule has 1 aromatic carbocycles. The molecule has 0 bridgehead atoms. The van der Waals surface area contributed by atoms with Crippen LogP contribution in [-0.2, 0) is 6.54 Å². The number of nitrogens with two attached hydrogens (primary N) is 1. The van der Waals surface area contributed by atoms with E-state index in [4.69, 9.17) is 10.8 Å². The quantitative estimate of drug-likeness (QED) is 0.650. The van der Waals surface area contributed by atoms with Crippen LogP contribution < -0.4 is 5.73 Å². The minimum absolute atomic E-state index is 0.0456. The summed E-state index contributed by atoms with van der Waals surface area (Å²) >= 11 is 0. The van der Waals surface area contributed by atoms with E-state index >= 15 is 0 Å². The molecule has 0 amide bonds. The van der Waals surface area contributed by atoms with Gasteiger partial charge in [0.1, 0.15) is 17.3 Å². The zero-order valence-corrected chi connectivity index (χ0v) is 10.1. The monoisotopic (exact) mass is 284 g/mol. The molecule has 0 spiro atoms. The number of halogens is 2. The molecule has 9 heteroatoms. The molecule has 1 heterocycles. The average molecular weight is 284 g/mol. The molecule has 0 fully saturated rings. The molecule has 0 radical (unpaired) electrons. The second-order valence-electron chi connectivity index (χ2n) is 3.91. The van der Waals surface area contributed by atoms with Crippen molar-refractivity contribution in [1.82, 2.24) is 9.78 Å². The summed E-state index contributed by atoms with van der Waals surface area (Å²) in [5.74, 6) is -2.22. The number of aliphatic hydroxyl groups excluding tert-OH is 1. The van der Waals surface area contributed by atoms with E-state index in [0.29, 0.717) is 0 Å². The molecule has 0 atom stereocenters. The molecule has 7 nitrogen and oxygen atoms in total. The van der Waals surface area contributed by atoms with E-state index in [1.54, 1.807) is 0 Å². The third-order valence-electron chi connectivity index (χ3n) is 2.65. The van der Waals surface area contributed by atoms with Crippen molar-refractivity contribution in [3.05, 3.63) is 39.9 Å². The van der Waals surface area contributed by atoms with Crippen LogP contribution in [0.2, 0.25) is 0 Å². The van der Waals surface area contributed by atoms with Crippen molar-refractivity contribution in [2.75, 3.05) is 12.3 Å². The standard InChI is InChI=1S/C11H10F2N4O3/c12-6-1-2-8(17(19)20)11(13)10(6)7-5-9(14)16(15-7)3-4-18/h1-2,5,18H,3-4,14H2. The summed E-state index contributed by atoms with van der Waals surface area (Å²) in [5.41, 5.74) is 3.93. The molecule has 0 aliphatic carbocycles. The van der Waals surface area contributed by atoms with Gasteiger partial charge in [0, 0.05) is 12.1 Å². The van der Waals surface area contributed by atoms with E-state index in [2.05, 4.69) is 5.10 Å². The maximum absolute atomic E-state index is 14.0. The average Bonchev–Trinajstić information content (AvgIpc) is 2.71. The molecular formula is C11H10F2N4O3. The first-order valence-corrected chi connectivity index (χ1v) is 5.52. The fourth-order valence-electron chi connectivity index (χ4n) is 1.74. The van der Waals surface area contributed by atoms with Gasteiger partial charge in [-0.15, -0.1) is 0 Å². The first-order chi connectivity index (χ1) is 9.45. The minimum atomic E-state index is -1.32. The number of aliphatic hydroxyl groups is 1. The SMILES string of the molecule is Nc1cc(-c2c(F)ccc([N+](=O)[O-])c2F)nn1CCO. The smallest absolute Gasteiger partial charge is 0.305 e. The highest BCUT2D eigenvalue weighted by Crippen LogP contribution is 2.31. The van der Waals surface area contributed by atoms with Crippen LogP contribution in [0.4, 0.5) is 20.3 Å². The van der Waals surface area contributed by atoms with Gasteiger partial charge in [-0.2, -0.15) is 9.49 Å². The third-order valence-corrected chi connectivity index (χ3v) is 2.65. The number of hydrogen-bond acceptors (Lipinski definition) is 5. The van der Waals surface area contributed by atoms with E-state index < -0.39 is 27.8 Å². The summed E-state index contributed by atoms with van der Waals surface area (Å²) in [4.78, 5) is 9.70. The van der Waals surface area contributed by atoms with Crippen molar-refractivity contribution in [3.8, 4) is 11.3 Å². The number of benzene rings is 1. The molecule has 1 aromatic heterocycles. The lowest BCUT2D eigenvalue weighted by atomic mass is 10.1. The normalized spacial score (nSPS) is 10.8. The van der Waals surface area contributed by atoms with Crippen LogP contribution >= 0.6 is 0 Å². The van der Waals surface area contributed by atoms with Crippen molar-refractivity contribution < 1.29 is 18.8 Å². The minimum Gasteiger partial charge on any atom is -0.394 e. The van der Waals surface area contributed by atoms with Crippen molar-refractivity contribution in [3.63, 3.8) is 0 Å². The summed E-state index contributed by atoms with van der Waals surface area (Å²) in [5, 5.41) is 23.3. The summed E-state index contributed by atoms with van der Waals surface area (Å²) < 4.78 is 28.8. The number of anilines is 1. The Morgan fingerprint density at radius 3 is 2.75 bits per heavy atom. The van der Waals surface area contributed by atoms with Crippen LogP contribution in [0.15, 0.2) is 18.2 Å². The van der Waals surface area contributed by atoms with Gasteiger partial charge in [-0.25, -0.2) is 9.07 Å². The summed E-state index contributed by atoms with van der Waals surface area (Å²) in [6, 6.07) is 2.71.